The van der Waals surface area contributed by atoms with E-state index in [1.54, 1.807) is 0 Å². The third-order valence-electron chi connectivity index (χ3n) is 3.61. The van der Waals surface area contributed by atoms with Crippen molar-refractivity contribution in [1.29, 1.82) is 0 Å². The Hall–Kier alpha value is -0.560. The zero-order chi connectivity index (χ0) is 14.5. The Morgan fingerprint density at radius 2 is 1.85 bits per heavy atom. The van der Waals surface area contributed by atoms with Crippen LogP contribution in [0.4, 0.5) is 8.78 Å². The lowest BCUT2D eigenvalue weighted by Gasteiger charge is -2.35. The van der Waals surface area contributed by atoms with Crippen molar-refractivity contribution in [2.75, 3.05) is 32.8 Å². The van der Waals surface area contributed by atoms with E-state index in [1.165, 1.54) is 12.1 Å². The molecule has 112 valence electrons. The molecule has 1 aromatic carbocycles. The molecule has 1 aromatic rings. The van der Waals surface area contributed by atoms with Crippen LogP contribution in [0.2, 0.25) is 0 Å². The third-order valence-corrected chi connectivity index (χ3v) is 4.06. The summed E-state index contributed by atoms with van der Waals surface area (Å²) in [6.07, 6.45) is 1.08. The molecule has 1 atom stereocenters. The maximum Gasteiger partial charge on any atom is 0.132 e. The molecule has 0 bridgehead atoms. The van der Waals surface area contributed by atoms with Gasteiger partial charge in [0.15, 0.2) is 0 Å². The molecule has 3 nitrogen and oxygen atoms in total. The van der Waals surface area contributed by atoms with Crippen LogP contribution in [0.3, 0.4) is 0 Å². The van der Waals surface area contributed by atoms with Crippen molar-refractivity contribution in [3.05, 3.63) is 33.8 Å². The Labute approximate surface area is 126 Å². The van der Waals surface area contributed by atoms with Crippen LogP contribution in [0.15, 0.2) is 16.6 Å². The summed E-state index contributed by atoms with van der Waals surface area (Å²) in [6.45, 7) is 3.17. The lowest BCUT2D eigenvalue weighted by molar-refractivity contribution is 0.148. The van der Waals surface area contributed by atoms with Crippen molar-refractivity contribution < 1.29 is 13.9 Å². The van der Waals surface area contributed by atoms with E-state index < -0.39 is 11.6 Å². The molecular weight excluding hydrogens is 330 g/mol. The Kier molecular flexibility index (Phi) is 5.89. The predicted molar refractivity (Wildman–Crippen MR) is 77.6 cm³/mol. The fraction of sp³-hybridized carbons (Fsp3) is 0.571. The number of rotatable bonds is 5. The fourth-order valence-corrected chi connectivity index (χ4v) is 3.06. The monoisotopic (exact) mass is 348 g/mol. The quantitative estimate of drug-likeness (QED) is 0.857. The highest BCUT2D eigenvalue weighted by Crippen LogP contribution is 2.32. The number of nitrogens with one attached hydrogen (secondary N) is 1. The second-order valence-corrected chi connectivity index (χ2v) is 5.87. The molecule has 0 aliphatic carbocycles. The van der Waals surface area contributed by atoms with Gasteiger partial charge in [0.1, 0.15) is 11.6 Å². The first-order chi connectivity index (χ1) is 9.63. The SMILES string of the molecule is OCCC[C@@H](c1c(F)cc(Br)cc1F)N1CCNCC1. The summed E-state index contributed by atoms with van der Waals surface area (Å²) in [7, 11) is 0. The molecule has 0 unspecified atom stereocenters. The van der Waals surface area contributed by atoms with Gasteiger partial charge in [-0.1, -0.05) is 15.9 Å². The molecule has 1 aliphatic heterocycles. The average molecular weight is 349 g/mol. The minimum Gasteiger partial charge on any atom is -0.396 e. The maximum absolute atomic E-state index is 14.2. The van der Waals surface area contributed by atoms with Gasteiger partial charge in [-0.15, -0.1) is 0 Å². The van der Waals surface area contributed by atoms with Crippen LogP contribution in [0, 0.1) is 11.6 Å². The summed E-state index contributed by atoms with van der Waals surface area (Å²) < 4.78 is 28.7. The van der Waals surface area contributed by atoms with Gasteiger partial charge in [0.2, 0.25) is 0 Å². The Morgan fingerprint density at radius 1 is 1.25 bits per heavy atom. The molecule has 0 saturated carbocycles. The summed E-state index contributed by atoms with van der Waals surface area (Å²) in [5, 5.41) is 12.2. The Morgan fingerprint density at radius 3 is 2.40 bits per heavy atom. The standard InChI is InChI=1S/C14H19BrF2N2O/c15-10-8-11(16)14(12(17)9-10)13(2-1-7-20)19-5-3-18-4-6-19/h8-9,13,18,20H,1-7H2/t13-/m0/s1. The molecule has 1 heterocycles. The van der Waals surface area contributed by atoms with Crippen LogP contribution < -0.4 is 5.32 Å². The highest BCUT2D eigenvalue weighted by atomic mass is 79.9. The van der Waals surface area contributed by atoms with Crippen molar-refractivity contribution >= 4 is 15.9 Å². The molecule has 1 fully saturated rings. The van der Waals surface area contributed by atoms with E-state index in [4.69, 9.17) is 5.11 Å². The van der Waals surface area contributed by atoms with Gasteiger partial charge in [0.05, 0.1) is 0 Å². The second-order valence-electron chi connectivity index (χ2n) is 4.95. The third kappa shape index (κ3) is 3.75. The largest absolute Gasteiger partial charge is 0.396 e. The number of aliphatic hydroxyl groups is 1. The first kappa shape index (κ1) is 15.8. The summed E-state index contributed by atoms with van der Waals surface area (Å²) >= 11 is 3.10. The maximum atomic E-state index is 14.2. The van der Waals surface area contributed by atoms with E-state index >= 15 is 0 Å². The first-order valence-corrected chi connectivity index (χ1v) is 7.63. The molecule has 0 amide bonds. The average Bonchev–Trinajstić information content (AvgIpc) is 2.42. The summed E-state index contributed by atoms with van der Waals surface area (Å²) in [5.41, 5.74) is 0.114. The van der Waals surface area contributed by atoms with Crippen molar-refractivity contribution in [1.82, 2.24) is 10.2 Å². The van der Waals surface area contributed by atoms with Crippen molar-refractivity contribution in [3.63, 3.8) is 0 Å². The molecule has 2 rings (SSSR count). The number of hydrogen-bond acceptors (Lipinski definition) is 3. The zero-order valence-corrected chi connectivity index (χ0v) is 12.8. The zero-order valence-electron chi connectivity index (χ0n) is 11.2. The van der Waals surface area contributed by atoms with Crippen molar-refractivity contribution in [2.24, 2.45) is 0 Å². The van der Waals surface area contributed by atoms with E-state index in [0.29, 0.717) is 17.3 Å². The normalized spacial score (nSPS) is 18.2. The number of aliphatic hydroxyl groups excluding tert-OH is 1. The molecule has 1 saturated heterocycles. The minimum absolute atomic E-state index is 0.0301. The number of hydrogen-bond donors (Lipinski definition) is 2. The van der Waals surface area contributed by atoms with Crippen LogP contribution in [-0.4, -0.2) is 42.8 Å². The van der Waals surface area contributed by atoms with Gasteiger partial charge in [-0.25, -0.2) is 8.78 Å². The fourth-order valence-electron chi connectivity index (χ4n) is 2.66. The van der Waals surface area contributed by atoms with E-state index in [0.717, 1.165) is 26.2 Å². The number of nitrogens with zero attached hydrogens (tertiary/aromatic N) is 1. The molecule has 0 radical (unpaired) electrons. The van der Waals surface area contributed by atoms with Gasteiger partial charge < -0.3 is 10.4 Å². The summed E-state index contributed by atoms with van der Waals surface area (Å²) in [4.78, 5) is 2.08. The highest BCUT2D eigenvalue weighted by Gasteiger charge is 2.27. The van der Waals surface area contributed by atoms with E-state index in [-0.39, 0.29) is 18.2 Å². The number of benzene rings is 1. The highest BCUT2D eigenvalue weighted by molar-refractivity contribution is 9.10. The Balaban J connectivity index is 2.29. The molecule has 2 N–H and O–H groups in total. The van der Waals surface area contributed by atoms with E-state index in [2.05, 4.69) is 26.1 Å². The van der Waals surface area contributed by atoms with Crippen molar-refractivity contribution in [3.8, 4) is 0 Å². The lowest BCUT2D eigenvalue weighted by Crippen LogP contribution is -2.45. The smallest absolute Gasteiger partial charge is 0.132 e. The minimum atomic E-state index is -0.529. The predicted octanol–water partition coefficient (Wildman–Crippen LogP) is 2.45. The van der Waals surface area contributed by atoms with Crippen molar-refractivity contribution in [2.45, 2.75) is 18.9 Å². The van der Waals surface area contributed by atoms with Gasteiger partial charge in [0.25, 0.3) is 0 Å². The number of halogens is 3. The van der Waals surface area contributed by atoms with Crippen LogP contribution in [0.1, 0.15) is 24.4 Å². The van der Waals surface area contributed by atoms with Gasteiger partial charge in [-0.2, -0.15) is 0 Å². The molecule has 1 aliphatic rings. The van der Waals surface area contributed by atoms with Gasteiger partial charge in [-0.3, -0.25) is 4.90 Å². The molecule has 20 heavy (non-hydrogen) atoms. The van der Waals surface area contributed by atoms with Crippen LogP contribution >= 0.6 is 15.9 Å². The topological polar surface area (TPSA) is 35.5 Å². The van der Waals surface area contributed by atoms with Gasteiger partial charge in [-0.05, 0) is 25.0 Å². The summed E-state index contributed by atoms with van der Waals surface area (Å²) in [5.74, 6) is -1.06. The van der Waals surface area contributed by atoms with Gasteiger partial charge >= 0.3 is 0 Å². The Bertz CT molecular complexity index is 430. The number of piperazine rings is 1. The van der Waals surface area contributed by atoms with E-state index in [1.807, 2.05) is 0 Å². The van der Waals surface area contributed by atoms with E-state index in [9.17, 15) is 8.78 Å². The molecule has 6 heteroatoms. The molecular formula is C14H19BrF2N2O. The van der Waals surface area contributed by atoms with Crippen LogP contribution in [0.5, 0.6) is 0 Å². The second kappa shape index (κ2) is 7.45. The molecule has 0 aromatic heterocycles. The first-order valence-electron chi connectivity index (χ1n) is 6.83. The van der Waals surface area contributed by atoms with Crippen LogP contribution in [-0.2, 0) is 0 Å². The molecule has 0 spiro atoms. The van der Waals surface area contributed by atoms with Gasteiger partial charge in [0, 0.05) is 48.9 Å². The van der Waals surface area contributed by atoms with Crippen LogP contribution in [0.25, 0.3) is 0 Å². The lowest BCUT2D eigenvalue weighted by atomic mass is 9.98. The summed E-state index contributed by atoms with van der Waals surface area (Å²) in [6, 6.07) is 2.27.